The summed E-state index contributed by atoms with van der Waals surface area (Å²) < 4.78 is 21.7. The first-order valence-electron chi connectivity index (χ1n) is 16.5. The van der Waals surface area contributed by atoms with Crippen LogP contribution in [0.3, 0.4) is 0 Å². The first-order chi connectivity index (χ1) is 23.1. The summed E-state index contributed by atoms with van der Waals surface area (Å²) in [4.78, 5) is 24.2. The lowest BCUT2D eigenvalue weighted by atomic mass is 9.95. The predicted molar refractivity (Wildman–Crippen MR) is 186 cm³/mol. The third-order valence-electron chi connectivity index (χ3n) is 7.81. The Morgan fingerprint density at radius 2 is 1.42 bits per heavy atom. The highest BCUT2D eigenvalue weighted by Gasteiger charge is 2.28. The van der Waals surface area contributed by atoms with E-state index < -0.39 is 30.8 Å². The fourth-order valence-electron chi connectivity index (χ4n) is 4.70. The quantitative estimate of drug-likeness (QED) is 0.0488. The molecule has 0 radical (unpaired) electrons. The van der Waals surface area contributed by atoms with Crippen molar-refractivity contribution < 1.29 is 38.7 Å². The Balaban J connectivity index is 1.79. The predicted octanol–water partition coefficient (Wildman–Crippen LogP) is 7.15. The number of rotatable bonds is 18. The molecule has 0 atom stereocenters. The van der Waals surface area contributed by atoms with E-state index in [0.717, 1.165) is 40.7 Å². The SMILES string of the molecule is C=C(CO)C(=O)OCOc1cc(OCOC(=O)C(C)(C)CO)cc(-c2ccc(C#Cc3ccc(CCCCCCC)cc3)cc2CC)c1. The van der Waals surface area contributed by atoms with Gasteiger partial charge in [0, 0.05) is 17.2 Å². The largest absolute Gasteiger partial charge is 0.457 e. The Bertz CT molecular complexity index is 1580. The Kier molecular flexibility index (Phi) is 15.2. The molecule has 0 unspecified atom stereocenters. The van der Waals surface area contributed by atoms with Crippen LogP contribution < -0.4 is 9.47 Å². The van der Waals surface area contributed by atoms with Crippen LogP contribution in [-0.4, -0.2) is 49.0 Å². The van der Waals surface area contributed by atoms with Crippen LogP contribution in [0.2, 0.25) is 0 Å². The van der Waals surface area contributed by atoms with Gasteiger partial charge in [-0.15, -0.1) is 0 Å². The standard InChI is InChI=1S/C40H48O8/c1-6-8-9-10-11-12-30-13-15-31(16-14-30)17-18-32-19-20-37(33(7-2)21-32)34-22-35(45-27-47-38(43)29(3)25-41)24-36(23-34)46-28-48-39(44)40(4,5)26-42/h13-16,19-24,41-42H,3,6-12,25-28H2,1-2,4-5H3. The van der Waals surface area contributed by atoms with Crippen LogP contribution in [0.5, 0.6) is 11.5 Å². The second-order valence-electron chi connectivity index (χ2n) is 12.2. The zero-order valence-electron chi connectivity index (χ0n) is 28.6. The normalized spacial score (nSPS) is 10.9. The number of ether oxygens (including phenoxy) is 4. The van der Waals surface area contributed by atoms with Gasteiger partial charge in [-0.2, -0.15) is 0 Å². The molecule has 48 heavy (non-hydrogen) atoms. The molecular formula is C40H48O8. The lowest BCUT2D eigenvalue weighted by Crippen LogP contribution is -2.31. The van der Waals surface area contributed by atoms with Crippen molar-refractivity contribution in [2.75, 3.05) is 26.8 Å². The minimum Gasteiger partial charge on any atom is -0.457 e. The number of unbranched alkanes of at least 4 members (excludes halogenated alkanes) is 4. The summed E-state index contributed by atoms with van der Waals surface area (Å²) in [5, 5.41) is 18.6. The lowest BCUT2D eigenvalue weighted by molar-refractivity contribution is -0.162. The molecule has 0 fully saturated rings. The van der Waals surface area contributed by atoms with Crippen LogP contribution in [0.4, 0.5) is 0 Å². The Morgan fingerprint density at radius 3 is 2.04 bits per heavy atom. The zero-order valence-corrected chi connectivity index (χ0v) is 28.6. The number of benzene rings is 3. The molecule has 0 heterocycles. The fourth-order valence-corrected chi connectivity index (χ4v) is 4.70. The second-order valence-corrected chi connectivity index (χ2v) is 12.2. The Morgan fingerprint density at radius 1 is 0.792 bits per heavy atom. The zero-order chi connectivity index (χ0) is 34.9. The number of aliphatic hydroxyl groups is 2. The number of aryl methyl sites for hydroxylation is 2. The van der Waals surface area contributed by atoms with Crippen molar-refractivity contribution >= 4 is 11.9 Å². The molecule has 0 aliphatic heterocycles. The molecule has 0 saturated carbocycles. The summed E-state index contributed by atoms with van der Waals surface area (Å²) in [5.74, 6) is 5.87. The van der Waals surface area contributed by atoms with E-state index in [9.17, 15) is 14.7 Å². The smallest absolute Gasteiger partial charge is 0.338 e. The number of hydrogen-bond acceptors (Lipinski definition) is 8. The summed E-state index contributed by atoms with van der Waals surface area (Å²) >= 11 is 0. The topological polar surface area (TPSA) is 112 Å². The van der Waals surface area contributed by atoms with Gasteiger partial charge in [0.2, 0.25) is 13.6 Å². The molecule has 2 N–H and O–H groups in total. The van der Waals surface area contributed by atoms with Gasteiger partial charge in [0.05, 0.1) is 24.2 Å². The van der Waals surface area contributed by atoms with E-state index in [2.05, 4.69) is 62.6 Å². The van der Waals surface area contributed by atoms with Gasteiger partial charge in [-0.3, -0.25) is 4.79 Å². The van der Waals surface area contributed by atoms with Crippen molar-refractivity contribution in [3.63, 3.8) is 0 Å². The van der Waals surface area contributed by atoms with E-state index in [1.54, 1.807) is 32.0 Å². The monoisotopic (exact) mass is 656 g/mol. The van der Waals surface area contributed by atoms with Gasteiger partial charge in [0.25, 0.3) is 0 Å². The molecule has 0 aliphatic rings. The van der Waals surface area contributed by atoms with Crippen LogP contribution >= 0.6 is 0 Å². The number of esters is 2. The van der Waals surface area contributed by atoms with Crippen molar-refractivity contribution in [2.24, 2.45) is 5.41 Å². The van der Waals surface area contributed by atoms with Crippen LogP contribution in [0.25, 0.3) is 11.1 Å². The van der Waals surface area contributed by atoms with E-state index in [0.29, 0.717) is 11.5 Å². The highest BCUT2D eigenvalue weighted by molar-refractivity contribution is 5.87. The minimum atomic E-state index is -1.07. The van der Waals surface area contributed by atoms with Crippen molar-refractivity contribution in [3.8, 4) is 34.5 Å². The van der Waals surface area contributed by atoms with E-state index in [1.165, 1.54) is 37.7 Å². The summed E-state index contributed by atoms with van der Waals surface area (Å²) in [6.45, 7) is 9.19. The third-order valence-corrected chi connectivity index (χ3v) is 7.81. The second kappa shape index (κ2) is 19.3. The maximum Gasteiger partial charge on any atom is 0.338 e. The van der Waals surface area contributed by atoms with Crippen molar-refractivity contribution in [2.45, 2.75) is 72.6 Å². The molecule has 3 aromatic carbocycles. The van der Waals surface area contributed by atoms with Gasteiger partial charge in [-0.25, -0.2) is 4.79 Å². The van der Waals surface area contributed by atoms with Crippen molar-refractivity contribution in [1.29, 1.82) is 0 Å². The Labute approximate surface area is 284 Å². The maximum absolute atomic E-state index is 12.3. The van der Waals surface area contributed by atoms with Gasteiger partial charge in [0.15, 0.2) is 0 Å². The molecule has 256 valence electrons. The van der Waals surface area contributed by atoms with E-state index >= 15 is 0 Å². The molecular weight excluding hydrogens is 608 g/mol. The van der Waals surface area contributed by atoms with Crippen LogP contribution in [-0.2, 0) is 31.9 Å². The third kappa shape index (κ3) is 11.9. The molecule has 3 rings (SSSR count). The number of aliphatic hydroxyl groups excluding tert-OH is 2. The summed E-state index contributed by atoms with van der Waals surface area (Å²) in [6, 6.07) is 19.6. The van der Waals surface area contributed by atoms with Gasteiger partial charge in [0.1, 0.15) is 11.5 Å². The van der Waals surface area contributed by atoms with Gasteiger partial charge >= 0.3 is 11.9 Å². The van der Waals surface area contributed by atoms with E-state index in [4.69, 9.17) is 24.1 Å². The summed E-state index contributed by atoms with van der Waals surface area (Å²) in [6.07, 6.45) is 8.16. The summed E-state index contributed by atoms with van der Waals surface area (Å²) in [5.41, 5.74) is 4.75. The fraction of sp³-hybridized carbons (Fsp3) is 0.400. The Hall–Kier alpha value is -4.58. The number of hydrogen-bond donors (Lipinski definition) is 2. The van der Waals surface area contributed by atoms with Gasteiger partial charge in [-0.1, -0.05) is 76.1 Å². The molecule has 8 nitrogen and oxygen atoms in total. The molecule has 0 bridgehead atoms. The molecule has 0 saturated heterocycles. The molecule has 0 amide bonds. The highest BCUT2D eigenvalue weighted by Crippen LogP contribution is 2.33. The van der Waals surface area contributed by atoms with Crippen LogP contribution in [0.15, 0.2) is 72.8 Å². The van der Waals surface area contributed by atoms with Gasteiger partial charge < -0.3 is 29.2 Å². The van der Waals surface area contributed by atoms with E-state index in [1.807, 2.05) is 12.1 Å². The average molecular weight is 657 g/mol. The van der Waals surface area contributed by atoms with Crippen molar-refractivity contribution in [1.82, 2.24) is 0 Å². The lowest BCUT2D eigenvalue weighted by Gasteiger charge is -2.20. The minimum absolute atomic E-state index is 0.0926. The first kappa shape index (κ1) is 37.9. The van der Waals surface area contributed by atoms with Crippen LogP contribution in [0.1, 0.15) is 82.1 Å². The number of carbonyl (C=O) groups excluding carboxylic acids is 2. The van der Waals surface area contributed by atoms with Crippen LogP contribution in [0, 0.1) is 17.3 Å². The molecule has 3 aromatic rings. The van der Waals surface area contributed by atoms with E-state index in [-0.39, 0.29) is 19.0 Å². The van der Waals surface area contributed by atoms with Gasteiger partial charge in [-0.05, 0) is 91.8 Å². The molecule has 0 aliphatic carbocycles. The molecule has 0 spiro atoms. The molecule has 8 heteroatoms. The molecule has 0 aromatic heterocycles. The average Bonchev–Trinajstić information content (AvgIpc) is 3.10. The van der Waals surface area contributed by atoms with Crippen molar-refractivity contribution in [3.05, 3.63) is 95.1 Å². The highest BCUT2D eigenvalue weighted by atomic mass is 16.7. The maximum atomic E-state index is 12.3. The first-order valence-corrected chi connectivity index (χ1v) is 16.5. The number of carbonyl (C=O) groups is 2. The summed E-state index contributed by atoms with van der Waals surface area (Å²) in [7, 11) is 0.